The molecule has 1 saturated carbocycles. The minimum atomic E-state index is -0.810. The lowest BCUT2D eigenvalue weighted by molar-refractivity contribution is -0.141. The van der Waals surface area contributed by atoms with Gasteiger partial charge >= 0.3 is 5.97 Å². The molecule has 2 atom stereocenters. The number of rotatable bonds is 5. The highest BCUT2D eigenvalue weighted by atomic mass is 19.1. The number of carbonyl (C=O) groups excluding carboxylic acids is 1. The molecule has 0 saturated heterocycles. The first-order valence-electron chi connectivity index (χ1n) is 8.36. The highest BCUT2D eigenvalue weighted by molar-refractivity contribution is 5.95. The summed E-state index contributed by atoms with van der Waals surface area (Å²) in [6, 6.07) is 5.78. The first-order chi connectivity index (χ1) is 12.0. The van der Waals surface area contributed by atoms with Crippen molar-refractivity contribution in [1.29, 1.82) is 0 Å². The monoisotopic (exact) mass is 345 g/mol. The summed E-state index contributed by atoms with van der Waals surface area (Å²) in [5, 5.41) is 16.2. The van der Waals surface area contributed by atoms with Gasteiger partial charge in [-0.25, -0.2) is 9.07 Å². The van der Waals surface area contributed by atoms with Gasteiger partial charge < -0.3 is 10.4 Å². The number of halogens is 1. The average Bonchev–Trinajstić information content (AvgIpc) is 3.22. The molecule has 1 heterocycles. The van der Waals surface area contributed by atoms with E-state index in [9.17, 15) is 14.0 Å². The molecule has 0 unspecified atom stereocenters. The van der Waals surface area contributed by atoms with Crippen LogP contribution >= 0.6 is 0 Å². The standard InChI is InChI=1S/C18H20FN3O3/c1-2-16-15(10-20-22(16)14-7-4-12(19)5-8-14)17(23)21-13-6-3-11(9-13)18(24)25/h4-5,7-8,10-11,13H,2-3,6,9H2,1H3,(H,21,23)(H,24,25)/t11-,13+/m0/s1. The van der Waals surface area contributed by atoms with Gasteiger partial charge in [0.2, 0.25) is 0 Å². The van der Waals surface area contributed by atoms with Crippen molar-refractivity contribution in [2.75, 3.05) is 0 Å². The van der Waals surface area contributed by atoms with Crippen molar-refractivity contribution in [1.82, 2.24) is 15.1 Å². The maximum Gasteiger partial charge on any atom is 0.306 e. The van der Waals surface area contributed by atoms with Crippen LogP contribution in [0.3, 0.4) is 0 Å². The number of nitrogens with one attached hydrogen (secondary N) is 1. The Bertz CT molecular complexity index is 785. The number of carboxylic acid groups (broad SMARTS) is 1. The molecule has 2 aromatic rings. The van der Waals surface area contributed by atoms with E-state index in [1.54, 1.807) is 16.8 Å². The third-order valence-corrected chi connectivity index (χ3v) is 4.64. The van der Waals surface area contributed by atoms with Crippen molar-refractivity contribution in [2.24, 2.45) is 5.92 Å². The lowest BCUT2D eigenvalue weighted by atomic mass is 10.1. The van der Waals surface area contributed by atoms with Crippen LogP contribution in [0.25, 0.3) is 5.69 Å². The smallest absolute Gasteiger partial charge is 0.306 e. The fourth-order valence-corrected chi connectivity index (χ4v) is 3.31. The maximum absolute atomic E-state index is 13.1. The van der Waals surface area contributed by atoms with Crippen LogP contribution in [0.5, 0.6) is 0 Å². The van der Waals surface area contributed by atoms with Crippen LogP contribution < -0.4 is 5.32 Å². The van der Waals surface area contributed by atoms with E-state index < -0.39 is 11.9 Å². The zero-order chi connectivity index (χ0) is 18.0. The van der Waals surface area contributed by atoms with Crippen LogP contribution in [-0.4, -0.2) is 32.8 Å². The van der Waals surface area contributed by atoms with Gasteiger partial charge in [-0.15, -0.1) is 0 Å². The zero-order valence-corrected chi connectivity index (χ0v) is 13.9. The lowest BCUT2D eigenvalue weighted by Gasteiger charge is -2.13. The summed E-state index contributed by atoms with van der Waals surface area (Å²) in [6.45, 7) is 1.92. The Kier molecular flexibility index (Phi) is 4.83. The minimum Gasteiger partial charge on any atom is -0.481 e. The molecule has 6 nitrogen and oxygen atoms in total. The summed E-state index contributed by atoms with van der Waals surface area (Å²) in [5.74, 6) is -1.78. The molecule has 1 aromatic heterocycles. The van der Waals surface area contributed by atoms with Gasteiger partial charge in [0.15, 0.2) is 0 Å². The van der Waals surface area contributed by atoms with E-state index in [1.807, 2.05) is 6.92 Å². The molecule has 25 heavy (non-hydrogen) atoms. The van der Waals surface area contributed by atoms with Crippen LogP contribution in [0.15, 0.2) is 30.5 Å². The SMILES string of the molecule is CCc1c(C(=O)N[C@@H]2CC[C@H](C(=O)O)C2)cnn1-c1ccc(F)cc1. The summed E-state index contributed by atoms with van der Waals surface area (Å²) in [6.07, 6.45) is 3.78. The van der Waals surface area contributed by atoms with Crippen molar-refractivity contribution in [3.8, 4) is 5.69 Å². The molecule has 0 bridgehead atoms. The number of carboxylic acids is 1. The largest absolute Gasteiger partial charge is 0.481 e. The molecule has 0 radical (unpaired) electrons. The first-order valence-corrected chi connectivity index (χ1v) is 8.36. The van der Waals surface area contributed by atoms with Crippen LogP contribution in [0.2, 0.25) is 0 Å². The van der Waals surface area contributed by atoms with Crippen molar-refractivity contribution < 1.29 is 19.1 Å². The number of hydrogen-bond acceptors (Lipinski definition) is 3. The second-order valence-electron chi connectivity index (χ2n) is 6.27. The number of amides is 1. The van der Waals surface area contributed by atoms with Gasteiger partial charge in [-0.05, 0) is 49.9 Å². The number of aromatic nitrogens is 2. The molecule has 3 rings (SSSR count). The Balaban J connectivity index is 1.77. The normalized spacial score (nSPS) is 19.8. The highest BCUT2D eigenvalue weighted by Gasteiger charge is 2.31. The molecule has 0 spiro atoms. The third-order valence-electron chi connectivity index (χ3n) is 4.64. The molecular formula is C18H20FN3O3. The zero-order valence-electron chi connectivity index (χ0n) is 13.9. The van der Waals surface area contributed by atoms with Crippen molar-refractivity contribution in [3.63, 3.8) is 0 Å². The Morgan fingerprint density at radius 3 is 2.64 bits per heavy atom. The summed E-state index contributed by atoms with van der Waals surface area (Å²) in [5.41, 5.74) is 1.88. The molecule has 1 amide bonds. The predicted molar refractivity (Wildman–Crippen MR) is 89.1 cm³/mol. The number of hydrogen-bond donors (Lipinski definition) is 2. The van der Waals surface area contributed by atoms with E-state index >= 15 is 0 Å². The second kappa shape index (κ2) is 7.04. The van der Waals surface area contributed by atoms with Gasteiger partial charge in [0.25, 0.3) is 5.91 Å². The number of benzene rings is 1. The Hall–Kier alpha value is -2.70. The molecule has 0 aliphatic heterocycles. The predicted octanol–water partition coefficient (Wildman–Crippen LogP) is 2.56. The van der Waals surface area contributed by atoms with Crippen LogP contribution in [0.4, 0.5) is 4.39 Å². The highest BCUT2D eigenvalue weighted by Crippen LogP contribution is 2.26. The van der Waals surface area contributed by atoms with E-state index in [0.717, 1.165) is 5.69 Å². The molecule has 1 aliphatic rings. The van der Waals surface area contributed by atoms with Crippen LogP contribution in [0, 0.1) is 11.7 Å². The summed E-state index contributed by atoms with van der Waals surface area (Å²) >= 11 is 0. The van der Waals surface area contributed by atoms with Gasteiger partial charge in [-0.2, -0.15) is 5.10 Å². The number of carbonyl (C=O) groups is 2. The summed E-state index contributed by atoms with van der Waals surface area (Å²) < 4.78 is 14.7. The van der Waals surface area contributed by atoms with E-state index in [-0.39, 0.29) is 17.8 Å². The topological polar surface area (TPSA) is 84.2 Å². The van der Waals surface area contributed by atoms with Gasteiger partial charge in [0.05, 0.1) is 29.1 Å². The Morgan fingerprint density at radius 2 is 2.04 bits per heavy atom. The van der Waals surface area contributed by atoms with E-state index in [0.29, 0.717) is 36.9 Å². The maximum atomic E-state index is 13.1. The van der Waals surface area contributed by atoms with Crippen LogP contribution in [0.1, 0.15) is 42.2 Å². The molecule has 7 heteroatoms. The molecular weight excluding hydrogens is 325 g/mol. The average molecular weight is 345 g/mol. The van der Waals surface area contributed by atoms with Gasteiger partial charge in [-0.1, -0.05) is 6.92 Å². The molecule has 132 valence electrons. The summed E-state index contributed by atoms with van der Waals surface area (Å²) in [4.78, 5) is 23.6. The van der Waals surface area contributed by atoms with Crippen LogP contribution in [-0.2, 0) is 11.2 Å². The molecule has 1 fully saturated rings. The van der Waals surface area contributed by atoms with E-state index in [4.69, 9.17) is 5.11 Å². The first kappa shape index (κ1) is 17.1. The van der Waals surface area contributed by atoms with Gasteiger partial charge in [0, 0.05) is 6.04 Å². The Morgan fingerprint density at radius 1 is 1.32 bits per heavy atom. The molecule has 2 N–H and O–H groups in total. The third kappa shape index (κ3) is 3.55. The number of aliphatic carboxylic acids is 1. The Labute approximate surface area is 144 Å². The quantitative estimate of drug-likeness (QED) is 0.872. The second-order valence-corrected chi connectivity index (χ2v) is 6.27. The lowest BCUT2D eigenvalue weighted by Crippen LogP contribution is -2.33. The van der Waals surface area contributed by atoms with Gasteiger partial charge in [-0.3, -0.25) is 9.59 Å². The number of nitrogens with zero attached hydrogens (tertiary/aromatic N) is 2. The minimum absolute atomic E-state index is 0.132. The van der Waals surface area contributed by atoms with E-state index in [2.05, 4.69) is 10.4 Å². The van der Waals surface area contributed by atoms with Crippen molar-refractivity contribution >= 4 is 11.9 Å². The fraction of sp³-hybridized carbons (Fsp3) is 0.389. The van der Waals surface area contributed by atoms with Crippen molar-refractivity contribution in [3.05, 3.63) is 47.5 Å². The summed E-state index contributed by atoms with van der Waals surface area (Å²) in [7, 11) is 0. The van der Waals surface area contributed by atoms with Gasteiger partial charge in [0.1, 0.15) is 5.82 Å². The fourth-order valence-electron chi connectivity index (χ4n) is 3.31. The van der Waals surface area contributed by atoms with E-state index in [1.165, 1.54) is 18.3 Å². The van der Waals surface area contributed by atoms with Crippen molar-refractivity contribution in [2.45, 2.75) is 38.6 Å². The molecule has 1 aliphatic carbocycles. The molecule has 1 aromatic carbocycles.